The molecule has 1 aromatic carbocycles. The van der Waals surface area contributed by atoms with Crippen LogP contribution in [0.4, 0.5) is 0 Å². The molecule has 0 aliphatic carbocycles. The van der Waals surface area contributed by atoms with Crippen molar-refractivity contribution in [3.63, 3.8) is 0 Å². The maximum Gasteiger partial charge on any atom is 0.191 e. The van der Waals surface area contributed by atoms with Crippen LogP contribution in [0.2, 0.25) is 0 Å². The van der Waals surface area contributed by atoms with Crippen LogP contribution < -0.4 is 15.4 Å². The minimum absolute atomic E-state index is 0.594. The third-order valence-electron chi connectivity index (χ3n) is 3.24. The van der Waals surface area contributed by atoms with Gasteiger partial charge in [0.05, 0.1) is 13.2 Å². The molecule has 23 heavy (non-hydrogen) atoms. The monoisotopic (exact) mass is 321 g/mol. The highest BCUT2D eigenvalue weighted by atomic mass is 16.5. The summed E-state index contributed by atoms with van der Waals surface area (Å²) in [6.45, 7) is 12.6. The number of rotatable bonds is 10. The number of hydrogen-bond donors (Lipinski definition) is 2. The first-order valence-electron chi connectivity index (χ1n) is 8.53. The van der Waals surface area contributed by atoms with Crippen molar-refractivity contribution >= 4 is 5.96 Å². The van der Waals surface area contributed by atoms with Gasteiger partial charge in [-0.05, 0) is 45.7 Å². The van der Waals surface area contributed by atoms with Crippen molar-refractivity contribution in [1.29, 1.82) is 0 Å². The molecule has 0 bridgehead atoms. The molecule has 0 aliphatic heterocycles. The van der Waals surface area contributed by atoms with E-state index in [-0.39, 0.29) is 0 Å². The Morgan fingerprint density at radius 3 is 2.65 bits per heavy atom. The molecule has 130 valence electrons. The van der Waals surface area contributed by atoms with Crippen LogP contribution >= 0.6 is 0 Å². The second-order valence-electron chi connectivity index (χ2n) is 5.22. The van der Waals surface area contributed by atoms with Crippen molar-refractivity contribution in [2.45, 2.75) is 40.7 Å². The third kappa shape index (κ3) is 7.88. The van der Waals surface area contributed by atoms with E-state index in [2.05, 4.69) is 47.7 Å². The molecule has 1 rings (SSSR count). The van der Waals surface area contributed by atoms with E-state index in [0.717, 1.165) is 50.0 Å². The van der Waals surface area contributed by atoms with E-state index >= 15 is 0 Å². The predicted octanol–water partition coefficient (Wildman–Crippen LogP) is 2.88. The van der Waals surface area contributed by atoms with E-state index in [0.29, 0.717) is 13.2 Å². The zero-order valence-electron chi connectivity index (χ0n) is 14.9. The highest BCUT2D eigenvalue weighted by Gasteiger charge is 2.04. The summed E-state index contributed by atoms with van der Waals surface area (Å²) >= 11 is 0. The van der Waals surface area contributed by atoms with Gasteiger partial charge in [-0.1, -0.05) is 12.1 Å². The first-order valence-corrected chi connectivity index (χ1v) is 8.53. The van der Waals surface area contributed by atoms with Crippen molar-refractivity contribution in [3.8, 4) is 5.75 Å². The molecule has 0 saturated heterocycles. The predicted molar refractivity (Wildman–Crippen MR) is 96.3 cm³/mol. The SMILES string of the molecule is CCNC(=NCc1ccc(C)cc1OCC)NCCCOCC. The Kier molecular flexibility index (Phi) is 9.87. The molecule has 0 heterocycles. The van der Waals surface area contributed by atoms with Crippen LogP contribution in [0.5, 0.6) is 5.75 Å². The Labute approximate surface area is 140 Å². The van der Waals surface area contributed by atoms with Gasteiger partial charge >= 0.3 is 0 Å². The highest BCUT2D eigenvalue weighted by molar-refractivity contribution is 5.79. The number of guanidine groups is 1. The fourth-order valence-electron chi connectivity index (χ4n) is 2.11. The van der Waals surface area contributed by atoms with Crippen LogP contribution in [0.1, 0.15) is 38.3 Å². The van der Waals surface area contributed by atoms with E-state index in [4.69, 9.17) is 9.47 Å². The molecule has 0 saturated carbocycles. The quantitative estimate of drug-likeness (QED) is 0.395. The van der Waals surface area contributed by atoms with E-state index in [1.807, 2.05) is 13.8 Å². The summed E-state index contributed by atoms with van der Waals surface area (Å²) < 4.78 is 11.1. The number of ether oxygens (including phenoxy) is 2. The maximum atomic E-state index is 5.71. The smallest absolute Gasteiger partial charge is 0.191 e. The molecule has 0 fully saturated rings. The lowest BCUT2D eigenvalue weighted by molar-refractivity contribution is 0.145. The Hall–Kier alpha value is -1.75. The molecule has 0 amide bonds. The minimum atomic E-state index is 0.594. The van der Waals surface area contributed by atoms with Crippen molar-refractivity contribution in [2.75, 3.05) is 32.9 Å². The van der Waals surface area contributed by atoms with E-state index in [9.17, 15) is 0 Å². The maximum absolute atomic E-state index is 5.71. The fourth-order valence-corrected chi connectivity index (χ4v) is 2.11. The number of benzene rings is 1. The standard InChI is InChI=1S/C18H31N3O2/c1-5-19-18(20-11-8-12-22-6-2)21-14-16-10-9-15(4)13-17(16)23-7-3/h9-10,13H,5-8,11-12,14H2,1-4H3,(H2,19,20,21). The Morgan fingerprint density at radius 2 is 1.96 bits per heavy atom. The molecular weight excluding hydrogens is 290 g/mol. The number of nitrogens with one attached hydrogen (secondary N) is 2. The lowest BCUT2D eigenvalue weighted by Gasteiger charge is -2.13. The van der Waals surface area contributed by atoms with Crippen LogP contribution in [0, 0.1) is 6.92 Å². The molecule has 5 nitrogen and oxygen atoms in total. The lowest BCUT2D eigenvalue weighted by atomic mass is 10.1. The third-order valence-corrected chi connectivity index (χ3v) is 3.24. The van der Waals surface area contributed by atoms with Gasteiger partial charge in [-0.25, -0.2) is 4.99 Å². The summed E-state index contributed by atoms with van der Waals surface area (Å²) in [7, 11) is 0. The summed E-state index contributed by atoms with van der Waals surface area (Å²) in [6.07, 6.45) is 0.965. The van der Waals surface area contributed by atoms with Crippen molar-refractivity contribution < 1.29 is 9.47 Å². The average Bonchev–Trinajstić information content (AvgIpc) is 2.54. The first-order chi connectivity index (χ1) is 11.2. The minimum Gasteiger partial charge on any atom is -0.494 e. The molecule has 5 heteroatoms. The van der Waals surface area contributed by atoms with Gasteiger partial charge in [0, 0.05) is 31.9 Å². The van der Waals surface area contributed by atoms with Gasteiger partial charge in [-0.2, -0.15) is 0 Å². The van der Waals surface area contributed by atoms with E-state index in [1.54, 1.807) is 0 Å². The molecular formula is C18H31N3O2. The largest absolute Gasteiger partial charge is 0.494 e. The number of aryl methyl sites for hydroxylation is 1. The number of nitrogens with zero attached hydrogens (tertiary/aromatic N) is 1. The molecule has 0 aliphatic rings. The van der Waals surface area contributed by atoms with Crippen molar-refractivity contribution in [1.82, 2.24) is 10.6 Å². The topological polar surface area (TPSA) is 54.9 Å². The van der Waals surface area contributed by atoms with E-state index in [1.165, 1.54) is 5.56 Å². The molecule has 0 atom stereocenters. The second kappa shape index (κ2) is 11.8. The van der Waals surface area contributed by atoms with Gasteiger partial charge in [-0.15, -0.1) is 0 Å². The highest BCUT2D eigenvalue weighted by Crippen LogP contribution is 2.21. The van der Waals surface area contributed by atoms with Crippen LogP contribution in [-0.4, -0.2) is 38.9 Å². The lowest BCUT2D eigenvalue weighted by Crippen LogP contribution is -2.38. The fraction of sp³-hybridized carbons (Fsp3) is 0.611. The van der Waals surface area contributed by atoms with Crippen molar-refractivity contribution in [3.05, 3.63) is 29.3 Å². The van der Waals surface area contributed by atoms with Gasteiger partial charge in [0.15, 0.2) is 5.96 Å². The number of aliphatic imine (C=N–C) groups is 1. The normalized spacial score (nSPS) is 11.4. The van der Waals surface area contributed by atoms with Crippen molar-refractivity contribution in [2.24, 2.45) is 4.99 Å². The molecule has 1 aromatic rings. The zero-order valence-corrected chi connectivity index (χ0v) is 14.9. The van der Waals surface area contributed by atoms with Crippen LogP contribution in [-0.2, 0) is 11.3 Å². The first kappa shape index (κ1) is 19.3. The van der Waals surface area contributed by atoms with Crippen LogP contribution in [0.25, 0.3) is 0 Å². The summed E-state index contributed by atoms with van der Waals surface area (Å²) in [6, 6.07) is 6.25. The van der Waals surface area contributed by atoms with Gasteiger partial charge in [0.2, 0.25) is 0 Å². The summed E-state index contributed by atoms with van der Waals surface area (Å²) in [4.78, 5) is 4.65. The molecule has 0 aromatic heterocycles. The Balaban J connectivity index is 2.62. The van der Waals surface area contributed by atoms with E-state index < -0.39 is 0 Å². The molecule has 0 unspecified atom stereocenters. The second-order valence-corrected chi connectivity index (χ2v) is 5.22. The Morgan fingerprint density at radius 1 is 1.13 bits per heavy atom. The van der Waals surface area contributed by atoms with Gasteiger partial charge in [-0.3, -0.25) is 0 Å². The van der Waals surface area contributed by atoms with Crippen LogP contribution in [0.3, 0.4) is 0 Å². The molecule has 0 spiro atoms. The number of hydrogen-bond acceptors (Lipinski definition) is 3. The molecule has 2 N–H and O–H groups in total. The molecule has 0 radical (unpaired) electrons. The van der Waals surface area contributed by atoms with Gasteiger partial charge < -0.3 is 20.1 Å². The average molecular weight is 321 g/mol. The van der Waals surface area contributed by atoms with Gasteiger partial charge in [0.25, 0.3) is 0 Å². The van der Waals surface area contributed by atoms with Crippen LogP contribution in [0.15, 0.2) is 23.2 Å². The zero-order chi connectivity index (χ0) is 16.9. The summed E-state index contributed by atoms with van der Waals surface area (Å²) in [5.74, 6) is 1.75. The summed E-state index contributed by atoms with van der Waals surface area (Å²) in [5.41, 5.74) is 2.30. The Bertz CT molecular complexity index is 475. The summed E-state index contributed by atoms with van der Waals surface area (Å²) in [5, 5.41) is 6.59. The van der Waals surface area contributed by atoms with Gasteiger partial charge in [0.1, 0.15) is 5.75 Å².